The summed E-state index contributed by atoms with van der Waals surface area (Å²) in [5, 5.41) is 7.34. The van der Waals surface area contributed by atoms with E-state index in [1.807, 2.05) is 15.8 Å². The molecule has 1 aromatic heterocycles. The molecule has 0 radical (unpaired) electrons. The normalized spacial score (nSPS) is 22.0. The number of carbonyl (C=O) groups excluding carboxylic acids is 2. The summed E-state index contributed by atoms with van der Waals surface area (Å²) in [6.07, 6.45) is 11.3. The smallest absolute Gasteiger partial charge is 0.225 e. The third-order valence-electron chi connectivity index (χ3n) is 5.73. The molecule has 1 saturated carbocycles. The van der Waals surface area contributed by atoms with Gasteiger partial charge in [-0.2, -0.15) is 5.10 Å². The molecule has 0 spiro atoms. The Morgan fingerprint density at radius 3 is 2.73 bits per heavy atom. The molecule has 6 nitrogen and oxygen atoms in total. The lowest BCUT2D eigenvalue weighted by atomic mass is 9.87. The number of amides is 2. The Morgan fingerprint density at radius 1 is 1.27 bits per heavy atom. The molecule has 1 atom stereocenters. The predicted octanol–water partition coefficient (Wildman–Crippen LogP) is 2.90. The van der Waals surface area contributed by atoms with Gasteiger partial charge >= 0.3 is 0 Å². The minimum Gasteiger partial charge on any atom is -0.352 e. The van der Waals surface area contributed by atoms with Gasteiger partial charge in [-0.25, -0.2) is 0 Å². The monoisotopic (exact) mass is 360 g/mol. The van der Waals surface area contributed by atoms with Gasteiger partial charge < -0.3 is 10.2 Å². The Morgan fingerprint density at radius 2 is 2.04 bits per heavy atom. The fraction of sp³-hybridized carbons (Fsp3) is 0.750. The fourth-order valence-corrected chi connectivity index (χ4v) is 4.07. The lowest BCUT2D eigenvalue weighted by Crippen LogP contribution is -2.47. The van der Waals surface area contributed by atoms with Gasteiger partial charge in [0.1, 0.15) is 0 Å². The molecule has 26 heavy (non-hydrogen) atoms. The van der Waals surface area contributed by atoms with Gasteiger partial charge in [0.25, 0.3) is 0 Å². The van der Waals surface area contributed by atoms with Crippen molar-refractivity contribution < 1.29 is 9.59 Å². The summed E-state index contributed by atoms with van der Waals surface area (Å²) in [5.41, 5.74) is 1.01. The van der Waals surface area contributed by atoms with Crippen LogP contribution in [0.5, 0.6) is 0 Å². The van der Waals surface area contributed by atoms with E-state index >= 15 is 0 Å². The summed E-state index contributed by atoms with van der Waals surface area (Å²) in [6, 6.07) is 0.317. The maximum Gasteiger partial charge on any atom is 0.225 e. The van der Waals surface area contributed by atoms with E-state index in [9.17, 15) is 9.59 Å². The first-order chi connectivity index (χ1) is 12.5. The van der Waals surface area contributed by atoms with Crippen LogP contribution < -0.4 is 5.32 Å². The van der Waals surface area contributed by atoms with Gasteiger partial charge in [0, 0.05) is 43.9 Å². The minimum atomic E-state index is -0.0866. The van der Waals surface area contributed by atoms with Crippen LogP contribution in [-0.2, 0) is 16.1 Å². The van der Waals surface area contributed by atoms with E-state index in [1.54, 1.807) is 6.20 Å². The van der Waals surface area contributed by atoms with Crippen molar-refractivity contribution >= 4 is 11.8 Å². The van der Waals surface area contributed by atoms with Crippen LogP contribution in [0.15, 0.2) is 12.4 Å². The highest BCUT2D eigenvalue weighted by Crippen LogP contribution is 2.27. The second kappa shape index (κ2) is 8.69. The maximum atomic E-state index is 12.6. The first-order valence-corrected chi connectivity index (χ1v) is 10.1. The summed E-state index contributed by atoms with van der Waals surface area (Å²) in [6.45, 7) is 6.07. The van der Waals surface area contributed by atoms with E-state index in [1.165, 1.54) is 32.1 Å². The van der Waals surface area contributed by atoms with E-state index in [-0.39, 0.29) is 17.7 Å². The van der Waals surface area contributed by atoms with Gasteiger partial charge in [0.2, 0.25) is 11.8 Å². The van der Waals surface area contributed by atoms with Crippen molar-refractivity contribution in [3.8, 4) is 0 Å². The van der Waals surface area contributed by atoms with E-state index < -0.39 is 0 Å². The zero-order valence-corrected chi connectivity index (χ0v) is 16.1. The molecular weight excluding hydrogens is 328 g/mol. The molecule has 6 heteroatoms. The molecular formula is C20H32N4O2. The fourth-order valence-electron chi connectivity index (χ4n) is 4.07. The van der Waals surface area contributed by atoms with Gasteiger partial charge in [-0.15, -0.1) is 0 Å². The second-order valence-electron chi connectivity index (χ2n) is 8.18. The molecule has 1 N–H and O–H groups in total. The zero-order chi connectivity index (χ0) is 18.5. The van der Waals surface area contributed by atoms with E-state index in [4.69, 9.17) is 0 Å². The Labute approximate surface area is 156 Å². The van der Waals surface area contributed by atoms with E-state index in [0.29, 0.717) is 37.9 Å². The summed E-state index contributed by atoms with van der Waals surface area (Å²) in [7, 11) is 0. The molecule has 1 aliphatic carbocycles. The van der Waals surface area contributed by atoms with Gasteiger partial charge in [-0.1, -0.05) is 19.3 Å². The molecule has 2 heterocycles. The average molecular weight is 361 g/mol. The third kappa shape index (κ3) is 4.86. The SMILES string of the molecule is CC(C)n1cc(CNC(=O)[C@H]2CCC(=O)N(CC3CCCCC3)C2)cn1. The molecule has 0 unspecified atom stereocenters. The van der Waals surface area contributed by atoms with Crippen molar-refractivity contribution in [1.29, 1.82) is 0 Å². The van der Waals surface area contributed by atoms with Crippen LogP contribution in [0.4, 0.5) is 0 Å². The first kappa shape index (κ1) is 18.9. The lowest BCUT2D eigenvalue weighted by Gasteiger charge is -2.35. The highest BCUT2D eigenvalue weighted by atomic mass is 16.2. The predicted molar refractivity (Wildman–Crippen MR) is 100 cm³/mol. The van der Waals surface area contributed by atoms with Crippen LogP contribution in [0.25, 0.3) is 0 Å². The number of nitrogens with one attached hydrogen (secondary N) is 1. The Bertz CT molecular complexity index is 619. The van der Waals surface area contributed by atoms with Crippen molar-refractivity contribution in [3.05, 3.63) is 18.0 Å². The molecule has 0 aromatic carbocycles. The number of likely N-dealkylation sites (tertiary alicyclic amines) is 1. The largest absolute Gasteiger partial charge is 0.352 e. The van der Waals surface area contributed by atoms with Crippen LogP contribution in [0.2, 0.25) is 0 Å². The van der Waals surface area contributed by atoms with Gasteiger partial charge in [0.05, 0.1) is 12.1 Å². The molecule has 2 fully saturated rings. The van der Waals surface area contributed by atoms with Crippen molar-refractivity contribution in [2.75, 3.05) is 13.1 Å². The summed E-state index contributed by atoms with van der Waals surface area (Å²) in [5.74, 6) is 0.814. The van der Waals surface area contributed by atoms with Crippen molar-refractivity contribution in [2.45, 2.75) is 71.4 Å². The molecule has 1 saturated heterocycles. The van der Waals surface area contributed by atoms with E-state index in [2.05, 4.69) is 24.3 Å². The Hall–Kier alpha value is -1.85. The maximum absolute atomic E-state index is 12.6. The number of rotatable bonds is 6. The Balaban J connectivity index is 1.49. The van der Waals surface area contributed by atoms with E-state index in [0.717, 1.165) is 12.1 Å². The summed E-state index contributed by atoms with van der Waals surface area (Å²) < 4.78 is 1.90. The van der Waals surface area contributed by atoms with Crippen molar-refractivity contribution in [1.82, 2.24) is 20.0 Å². The molecule has 0 bridgehead atoms. The van der Waals surface area contributed by atoms with Crippen LogP contribution >= 0.6 is 0 Å². The quantitative estimate of drug-likeness (QED) is 0.848. The topological polar surface area (TPSA) is 67.2 Å². The highest BCUT2D eigenvalue weighted by Gasteiger charge is 2.31. The second-order valence-corrected chi connectivity index (χ2v) is 8.18. The van der Waals surface area contributed by atoms with Crippen LogP contribution in [-0.4, -0.2) is 39.6 Å². The number of carbonyl (C=O) groups is 2. The van der Waals surface area contributed by atoms with Gasteiger partial charge in [-0.05, 0) is 39.0 Å². The standard InChI is InChI=1S/C20H32N4O2/c1-15(2)24-13-17(11-22-24)10-21-20(26)18-8-9-19(25)23(14-18)12-16-6-4-3-5-7-16/h11,13,15-16,18H,3-10,12,14H2,1-2H3,(H,21,26)/t18-/m0/s1. The molecule has 3 rings (SSSR count). The molecule has 2 amide bonds. The van der Waals surface area contributed by atoms with Crippen molar-refractivity contribution in [2.24, 2.45) is 11.8 Å². The molecule has 144 valence electrons. The third-order valence-corrected chi connectivity index (χ3v) is 5.73. The number of piperidine rings is 1. The zero-order valence-electron chi connectivity index (χ0n) is 16.1. The molecule has 2 aliphatic rings. The minimum absolute atomic E-state index is 0.0587. The molecule has 1 aromatic rings. The van der Waals surface area contributed by atoms with Crippen LogP contribution in [0.3, 0.4) is 0 Å². The van der Waals surface area contributed by atoms with Crippen molar-refractivity contribution in [3.63, 3.8) is 0 Å². The molecule has 1 aliphatic heterocycles. The number of hydrogen-bond acceptors (Lipinski definition) is 3. The number of nitrogens with zero attached hydrogens (tertiary/aromatic N) is 3. The number of hydrogen-bond donors (Lipinski definition) is 1. The Kier molecular flexibility index (Phi) is 6.33. The van der Waals surface area contributed by atoms with Crippen LogP contribution in [0, 0.1) is 11.8 Å². The van der Waals surface area contributed by atoms with Gasteiger partial charge in [0.15, 0.2) is 0 Å². The van der Waals surface area contributed by atoms with Gasteiger partial charge in [-0.3, -0.25) is 14.3 Å². The van der Waals surface area contributed by atoms with Crippen LogP contribution in [0.1, 0.15) is 70.4 Å². The first-order valence-electron chi connectivity index (χ1n) is 10.1. The summed E-state index contributed by atoms with van der Waals surface area (Å²) >= 11 is 0. The average Bonchev–Trinajstić information content (AvgIpc) is 3.12. The highest BCUT2D eigenvalue weighted by molar-refractivity contribution is 5.83. The number of aromatic nitrogens is 2. The summed E-state index contributed by atoms with van der Waals surface area (Å²) in [4.78, 5) is 26.8. The lowest BCUT2D eigenvalue weighted by molar-refractivity contribution is -0.139.